The summed E-state index contributed by atoms with van der Waals surface area (Å²) in [6.07, 6.45) is -0.717. The minimum atomic E-state index is -0.763. The van der Waals surface area contributed by atoms with E-state index in [1.54, 1.807) is 18.2 Å². The number of benzene rings is 2. The lowest BCUT2D eigenvalue weighted by atomic mass is 10.1. The third-order valence-corrected chi connectivity index (χ3v) is 5.67. The third kappa shape index (κ3) is 4.98. The van der Waals surface area contributed by atoms with Crippen molar-refractivity contribution in [2.45, 2.75) is 19.6 Å². The van der Waals surface area contributed by atoms with Crippen molar-refractivity contribution < 1.29 is 14.7 Å². The zero-order valence-electron chi connectivity index (χ0n) is 15.1. The standard InChI is InChI=1S/C21H19ClN2O3S/c1-13-7-8-15(11-17(13)22)24-21(27)20(26)23-12-16-9-10-18(28-16)19(25)14-5-3-2-4-6-14/h2-11,19,25H,12H2,1H3,(H,23,26)(H,24,27)/t19-/m1/s1. The summed E-state index contributed by atoms with van der Waals surface area (Å²) < 4.78 is 0. The van der Waals surface area contributed by atoms with E-state index in [1.807, 2.05) is 49.4 Å². The molecule has 0 aliphatic rings. The van der Waals surface area contributed by atoms with Gasteiger partial charge in [0.25, 0.3) is 0 Å². The van der Waals surface area contributed by atoms with E-state index in [0.717, 1.165) is 20.9 Å². The highest BCUT2D eigenvalue weighted by Crippen LogP contribution is 2.28. The highest BCUT2D eigenvalue weighted by Gasteiger charge is 2.16. The molecule has 0 aliphatic carbocycles. The van der Waals surface area contributed by atoms with Crippen LogP contribution in [0.3, 0.4) is 0 Å². The summed E-state index contributed by atoms with van der Waals surface area (Å²) >= 11 is 7.40. The van der Waals surface area contributed by atoms with Gasteiger partial charge in [-0.25, -0.2) is 0 Å². The van der Waals surface area contributed by atoms with Gasteiger partial charge in [-0.15, -0.1) is 11.3 Å². The Kier molecular flexibility index (Phi) is 6.46. The molecule has 7 heteroatoms. The summed E-state index contributed by atoms with van der Waals surface area (Å²) in [6.45, 7) is 2.05. The molecule has 3 N–H and O–H groups in total. The van der Waals surface area contributed by atoms with E-state index in [4.69, 9.17) is 11.6 Å². The van der Waals surface area contributed by atoms with Gasteiger partial charge < -0.3 is 15.7 Å². The zero-order valence-corrected chi connectivity index (χ0v) is 16.7. The molecule has 0 fully saturated rings. The Morgan fingerprint density at radius 3 is 2.54 bits per heavy atom. The summed E-state index contributed by atoms with van der Waals surface area (Å²) in [6, 6.07) is 18.0. The van der Waals surface area contributed by atoms with Gasteiger partial charge in [-0.1, -0.05) is 48.0 Å². The maximum atomic E-state index is 12.0. The lowest BCUT2D eigenvalue weighted by Crippen LogP contribution is -2.34. The van der Waals surface area contributed by atoms with Crippen LogP contribution in [0, 0.1) is 6.92 Å². The van der Waals surface area contributed by atoms with Crippen LogP contribution in [0.15, 0.2) is 60.7 Å². The number of carbonyl (C=O) groups is 2. The Bertz CT molecular complexity index is 988. The predicted octanol–water partition coefficient (Wildman–Crippen LogP) is 4.05. The van der Waals surface area contributed by atoms with Gasteiger partial charge in [0, 0.05) is 20.5 Å². The van der Waals surface area contributed by atoms with Gasteiger partial charge in [0.15, 0.2) is 0 Å². The van der Waals surface area contributed by atoms with Gasteiger partial charge in [-0.3, -0.25) is 9.59 Å². The number of hydrogen-bond donors (Lipinski definition) is 3. The summed E-state index contributed by atoms with van der Waals surface area (Å²) in [5.41, 5.74) is 2.14. The predicted molar refractivity (Wildman–Crippen MR) is 111 cm³/mol. The molecule has 0 saturated heterocycles. The van der Waals surface area contributed by atoms with Crippen molar-refractivity contribution in [1.29, 1.82) is 0 Å². The molecule has 3 rings (SSSR count). The number of amides is 2. The Balaban J connectivity index is 1.55. The van der Waals surface area contributed by atoms with Crippen LogP contribution in [0.4, 0.5) is 5.69 Å². The van der Waals surface area contributed by atoms with Crippen LogP contribution in [0.25, 0.3) is 0 Å². The molecular weight excluding hydrogens is 396 g/mol. The summed E-state index contributed by atoms with van der Waals surface area (Å²) in [5, 5.41) is 16.0. The molecule has 5 nitrogen and oxygen atoms in total. The average molecular weight is 415 g/mol. The first kappa shape index (κ1) is 20.1. The number of aliphatic hydroxyl groups is 1. The van der Waals surface area contributed by atoms with Crippen molar-refractivity contribution in [3.63, 3.8) is 0 Å². The highest BCUT2D eigenvalue weighted by atomic mass is 35.5. The number of hydrogen-bond acceptors (Lipinski definition) is 4. The lowest BCUT2D eigenvalue weighted by molar-refractivity contribution is -0.136. The molecule has 28 heavy (non-hydrogen) atoms. The number of aryl methyl sites for hydroxylation is 1. The normalized spacial score (nSPS) is 11.7. The van der Waals surface area contributed by atoms with Gasteiger partial charge in [-0.05, 0) is 42.3 Å². The smallest absolute Gasteiger partial charge is 0.313 e. The van der Waals surface area contributed by atoms with Crippen molar-refractivity contribution >= 4 is 40.4 Å². The molecule has 2 aromatic carbocycles. The largest absolute Gasteiger partial charge is 0.383 e. The van der Waals surface area contributed by atoms with E-state index < -0.39 is 17.9 Å². The first-order valence-electron chi connectivity index (χ1n) is 8.61. The van der Waals surface area contributed by atoms with Crippen molar-refractivity contribution in [1.82, 2.24) is 5.32 Å². The number of nitrogens with one attached hydrogen (secondary N) is 2. The van der Waals surface area contributed by atoms with Gasteiger partial charge in [0.05, 0.1) is 6.54 Å². The number of thiophene rings is 1. The van der Waals surface area contributed by atoms with Gasteiger partial charge in [0.1, 0.15) is 6.10 Å². The molecule has 2 amide bonds. The fourth-order valence-corrected chi connectivity index (χ4v) is 3.69. The third-order valence-electron chi connectivity index (χ3n) is 4.13. The summed E-state index contributed by atoms with van der Waals surface area (Å²) in [7, 11) is 0. The number of carbonyl (C=O) groups excluding carboxylic acids is 2. The van der Waals surface area contributed by atoms with Crippen LogP contribution >= 0.6 is 22.9 Å². The first-order valence-corrected chi connectivity index (χ1v) is 9.80. The molecule has 0 saturated carbocycles. The Morgan fingerprint density at radius 1 is 1.07 bits per heavy atom. The molecule has 0 unspecified atom stereocenters. The van der Waals surface area contributed by atoms with Crippen LogP contribution in [0.5, 0.6) is 0 Å². The van der Waals surface area contributed by atoms with Crippen LogP contribution in [-0.4, -0.2) is 16.9 Å². The Morgan fingerprint density at radius 2 is 1.82 bits per heavy atom. The minimum Gasteiger partial charge on any atom is -0.383 e. The monoisotopic (exact) mass is 414 g/mol. The van der Waals surface area contributed by atoms with Gasteiger partial charge in [-0.2, -0.15) is 0 Å². The van der Waals surface area contributed by atoms with Crippen molar-refractivity contribution in [2.24, 2.45) is 0 Å². The number of halogens is 1. The topological polar surface area (TPSA) is 78.4 Å². The van der Waals surface area contributed by atoms with Crippen LogP contribution in [-0.2, 0) is 16.1 Å². The molecule has 0 bridgehead atoms. The molecule has 0 radical (unpaired) electrons. The van der Waals surface area contributed by atoms with Crippen LogP contribution in [0.2, 0.25) is 5.02 Å². The molecular formula is C21H19ClN2O3S. The Hall–Kier alpha value is -2.67. The second-order valence-electron chi connectivity index (χ2n) is 6.22. The second-order valence-corrected chi connectivity index (χ2v) is 7.83. The van der Waals surface area contributed by atoms with E-state index in [1.165, 1.54) is 11.3 Å². The van der Waals surface area contributed by atoms with Crippen LogP contribution in [0.1, 0.15) is 27.0 Å². The van der Waals surface area contributed by atoms with Gasteiger partial charge in [0.2, 0.25) is 0 Å². The molecule has 0 aliphatic heterocycles. The molecule has 1 aromatic heterocycles. The van der Waals surface area contributed by atoms with E-state index in [0.29, 0.717) is 10.7 Å². The van der Waals surface area contributed by atoms with Crippen LogP contribution < -0.4 is 10.6 Å². The molecule has 1 atom stereocenters. The van der Waals surface area contributed by atoms with E-state index in [2.05, 4.69) is 10.6 Å². The zero-order chi connectivity index (χ0) is 20.1. The van der Waals surface area contributed by atoms with E-state index in [9.17, 15) is 14.7 Å². The van der Waals surface area contributed by atoms with Crippen molar-refractivity contribution in [3.05, 3.63) is 86.6 Å². The lowest BCUT2D eigenvalue weighted by Gasteiger charge is -2.08. The summed E-state index contributed by atoms with van der Waals surface area (Å²) in [4.78, 5) is 25.7. The molecule has 0 spiro atoms. The average Bonchev–Trinajstić information content (AvgIpc) is 3.18. The first-order chi connectivity index (χ1) is 13.4. The van der Waals surface area contributed by atoms with E-state index in [-0.39, 0.29) is 6.54 Å². The minimum absolute atomic E-state index is 0.201. The number of anilines is 1. The molecule has 144 valence electrons. The highest BCUT2D eigenvalue weighted by molar-refractivity contribution is 7.12. The second kappa shape index (κ2) is 9.01. The van der Waals surface area contributed by atoms with Gasteiger partial charge >= 0.3 is 11.8 Å². The fraction of sp³-hybridized carbons (Fsp3) is 0.143. The maximum absolute atomic E-state index is 12.0. The Labute approximate surface area is 172 Å². The summed E-state index contributed by atoms with van der Waals surface area (Å²) in [5.74, 6) is -1.50. The molecule has 3 aromatic rings. The maximum Gasteiger partial charge on any atom is 0.313 e. The number of aliphatic hydroxyl groups excluding tert-OH is 1. The fourth-order valence-electron chi connectivity index (χ4n) is 2.54. The quantitative estimate of drug-likeness (QED) is 0.551. The van der Waals surface area contributed by atoms with E-state index >= 15 is 0 Å². The van der Waals surface area contributed by atoms with Crippen molar-refractivity contribution in [3.8, 4) is 0 Å². The number of rotatable bonds is 5. The van der Waals surface area contributed by atoms with Crippen molar-refractivity contribution in [2.75, 3.05) is 5.32 Å². The SMILES string of the molecule is Cc1ccc(NC(=O)C(=O)NCc2ccc([C@H](O)c3ccccc3)s2)cc1Cl. The molecule has 1 heterocycles.